The Bertz CT molecular complexity index is 2510. The monoisotopic (exact) mass is 1020 g/mol. The molecule has 16 nitrogen and oxygen atoms in total. The van der Waals surface area contributed by atoms with Crippen LogP contribution in [-0.2, 0) is 20.9 Å². The Labute approximate surface area is 422 Å². The van der Waals surface area contributed by atoms with E-state index in [0.29, 0.717) is 58.7 Å². The van der Waals surface area contributed by atoms with Crippen molar-refractivity contribution in [2.75, 3.05) is 69.8 Å². The van der Waals surface area contributed by atoms with E-state index in [0.717, 1.165) is 72.8 Å². The van der Waals surface area contributed by atoms with Gasteiger partial charge < -0.3 is 40.9 Å². The Morgan fingerprint density at radius 3 is 2.40 bits per heavy atom. The number of anilines is 3. The van der Waals surface area contributed by atoms with Gasteiger partial charge in [-0.3, -0.25) is 24.1 Å². The fraction of sp³-hybridized carbons (Fsp3) is 0.540. The first kappa shape index (κ1) is 51.3. The summed E-state index contributed by atoms with van der Waals surface area (Å²) in [5, 5.41) is 23.0. The number of hydrogen-bond acceptors (Lipinski definition) is 14. The van der Waals surface area contributed by atoms with Crippen LogP contribution >= 0.6 is 34.7 Å². The van der Waals surface area contributed by atoms with Crippen molar-refractivity contribution < 1.29 is 33.4 Å². The highest BCUT2D eigenvalue weighted by atomic mass is 35.5. The molecule has 8 rings (SSSR count). The maximum absolute atomic E-state index is 15.2. The fourth-order valence-corrected chi connectivity index (χ4v) is 11.9. The molecule has 2 saturated carbocycles. The highest BCUT2D eigenvalue weighted by molar-refractivity contribution is 8.00. The number of alkyl halides is 1. The Morgan fingerprint density at radius 2 is 1.74 bits per heavy atom. The number of hydrogen-bond donors (Lipinski definition) is 5. The predicted octanol–water partition coefficient (Wildman–Crippen LogP) is 6.70. The second-order valence-electron chi connectivity index (χ2n) is 19.5. The SMILES string of the molecule is CNc1nc(Nc2ccc(C(=O)N3CCN(C[C@H]4CC[C@H](CSC(C)(C)[C@H](NC(=O)C5(F)CC5)C(=O)N5C[C@H](O)CC5C(=O)NCc5ccc(-c6scnc6C)cc5)CC4)CC3)cc2OC)ncc1Cl. The van der Waals surface area contributed by atoms with E-state index in [-0.39, 0.29) is 38.3 Å². The molecule has 0 spiro atoms. The van der Waals surface area contributed by atoms with Crippen molar-refractivity contribution in [3.63, 3.8) is 0 Å². The molecule has 4 aromatic rings. The maximum atomic E-state index is 15.2. The zero-order chi connectivity index (χ0) is 49.7. The predicted molar refractivity (Wildman–Crippen MR) is 272 cm³/mol. The molecule has 4 heterocycles. The zero-order valence-corrected chi connectivity index (χ0v) is 42.8. The highest BCUT2D eigenvalue weighted by Gasteiger charge is 2.54. The van der Waals surface area contributed by atoms with Gasteiger partial charge >= 0.3 is 0 Å². The summed E-state index contributed by atoms with van der Waals surface area (Å²) < 4.78 is 19.9. The molecule has 4 amide bonds. The lowest BCUT2D eigenvalue weighted by atomic mass is 9.82. The van der Waals surface area contributed by atoms with Crippen LogP contribution in [0, 0.1) is 18.8 Å². The molecule has 3 atom stereocenters. The molecule has 376 valence electrons. The molecule has 2 aliphatic carbocycles. The first-order chi connectivity index (χ1) is 33.5. The Balaban J connectivity index is 0.808. The summed E-state index contributed by atoms with van der Waals surface area (Å²) in [5.74, 6) is 1.24. The number of benzene rings is 2. The quantitative estimate of drug-likeness (QED) is 0.0708. The lowest BCUT2D eigenvalue weighted by Gasteiger charge is -2.40. The number of aromatic nitrogens is 3. The van der Waals surface area contributed by atoms with Crippen molar-refractivity contribution in [2.45, 2.75) is 101 Å². The number of ether oxygens (including phenoxy) is 1. The number of piperazine rings is 1. The number of amides is 4. The van der Waals surface area contributed by atoms with E-state index < -0.39 is 46.3 Å². The molecule has 2 aromatic carbocycles. The third-order valence-electron chi connectivity index (χ3n) is 14.1. The standard InChI is InChI=1S/C50H64ClFN10O6S2/c1-30-41(69-29-56-30)34-12-10-31(11-13-34)24-54-44(64)39-23-36(63)27-62(39)46(66)42(58-47(67)50(52)16-17-50)49(2,3)70-28-33-8-6-32(7-9-33)26-60-18-20-61(21-19-60)45(65)35-14-15-38(40(22-35)68-5)57-48-55-25-37(51)43(53-4)59-48/h10-15,22,25,29,32-33,36,39,42,63H,6-9,16-21,23-24,26-28H2,1-5H3,(H,54,64)(H,58,67)(H2,53,55,57,59)/t32-,33-,36-,39?,42-/m1/s1. The lowest BCUT2D eigenvalue weighted by Crippen LogP contribution is -2.61. The minimum absolute atomic E-state index is 0.0505. The van der Waals surface area contributed by atoms with Gasteiger partial charge in [-0.15, -0.1) is 11.3 Å². The van der Waals surface area contributed by atoms with Crippen LogP contribution in [0.25, 0.3) is 10.4 Å². The van der Waals surface area contributed by atoms with E-state index in [2.05, 4.69) is 41.1 Å². The van der Waals surface area contributed by atoms with Gasteiger partial charge in [0.1, 0.15) is 28.7 Å². The van der Waals surface area contributed by atoms with Gasteiger partial charge in [0, 0.05) is 69.6 Å². The second kappa shape index (κ2) is 22.1. The Kier molecular flexibility index (Phi) is 16.2. The molecular weight excluding hydrogens is 955 g/mol. The molecule has 70 heavy (non-hydrogen) atoms. The number of halogens is 2. The van der Waals surface area contributed by atoms with E-state index >= 15 is 4.39 Å². The largest absolute Gasteiger partial charge is 0.495 e. The molecule has 20 heteroatoms. The van der Waals surface area contributed by atoms with Crippen molar-refractivity contribution >= 4 is 75.8 Å². The summed E-state index contributed by atoms with van der Waals surface area (Å²) in [6.45, 7) is 9.71. The molecule has 2 aromatic heterocycles. The third-order valence-corrected chi connectivity index (χ3v) is 17.0. The van der Waals surface area contributed by atoms with Gasteiger partial charge in [0.25, 0.3) is 11.8 Å². The van der Waals surface area contributed by atoms with Crippen LogP contribution in [0.5, 0.6) is 5.75 Å². The van der Waals surface area contributed by atoms with Crippen molar-refractivity contribution in [3.8, 4) is 16.2 Å². The average Bonchev–Trinajstić information content (AvgIpc) is 3.77. The van der Waals surface area contributed by atoms with Gasteiger partial charge in [0.2, 0.25) is 17.8 Å². The first-order valence-corrected chi connectivity index (χ1v) is 26.3. The van der Waals surface area contributed by atoms with Gasteiger partial charge in [-0.2, -0.15) is 16.7 Å². The van der Waals surface area contributed by atoms with Crippen molar-refractivity contribution in [1.82, 2.24) is 40.3 Å². The molecule has 4 fully saturated rings. The van der Waals surface area contributed by atoms with E-state index in [9.17, 15) is 24.3 Å². The summed E-state index contributed by atoms with van der Waals surface area (Å²) in [4.78, 5) is 74.9. The van der Waals surface area contributed by atoms with Crippen LogP contribution in [0.15, 0.2) is 54.2 Å². The molecule has 0 bridgehead atoms. The molecule has 2 saturated heterocycles. The molecule has 1 unspecified atom stereocenters. The first-order valence-electron chi connectivity index (χ1n) is 24.1. The highest BCUT2D eigenvalue weighted by Crippen LogP contribution is 2.42. The van der Waals surface area contributed by atoms with Crippen molar-refractivity contribution in [3.05, 3.63) is 76.0 Å². The van der Waals surface area contributed by atoms with Crippen LogP contribution in [0.3, 0.4) is 0 Å². The fourth-order valence-electron chi connectivity index (χ4n) is 9.59. The number of aliphatic hydroxyl groups is 1. The number of nitrogens with zero attached hydrogens (tertiary/aromatic N) is 6. The number of methoxy groups -OCH3 is 1. The molecule has 4 aliphatic rings. The number of carbonyl (C=O) groups is 4. The van der Waals surface area contributed by atoms with Crippen LogP contribution in [0.1, 0.15) is 80.4 Å². The minimum atomic E-state index is -2.00. The molecular formula is C50H64ClFN10O6S2. The van der Waals surface area contributed by atoms with Crippen LogP contribution < -0.4 is 26.0 Å². The maximum Gasteiger partial charge on any atom is 0.258 e. The number of carbonyl (C=O) groups excluding carboxylic acids is 4. The van der Waals surface area contributed by atoms with Gasteiger partial charge in [-0.25, -0.2) is 14.4 Å². The average molecular weight is 1020 g/mol. The smallest absolute Gasteiger partial charge is 0.258 e. The molecule has 5 N–H and O–H groups in total. The number of aryl methyl sites for hydroxylation is 1. The Morgan fingerprint density at radius 1 is 1.03 bits per heavy atom. The van der Waals surface area contributed by atoms with Crippen LogP contribution in [-0.4, -0.2) is 146 Å². The molecule has 2 aliphatic heterocycles. The van der Waals surface area contributed by atoms with Gasteiger partial charge in [-0.1, -0.05) is 35.9 Å². The number of nitrogens with one attached hydrogen (secondary N) is 4. The lowest BCUT2D eigenvalue weighted by molar-refractivity contribution is -0.143. The van der Waals surface area contributed by atoms with Gasteiger partial charge in [0.05, 0.1) is 41.2 Å². The van der Waals surface area contributed by atoms with Crippen molar-refractivity contribution in [2.24, 2.45) is 11.8 Å². The molecule has 0 radical (unpaired) electrons. The van der Waals surface area contributed by atoms with E-state index in [1.807, 2.05) is 55.4 Å². The van der Waals surface area contributed by atoms with Crippen molar-refractivity contribution in [1.29, 1.82) is 0 Å². The number of β-amino-alcohol motifs (C(OH)–C–C–N with tert-alkyl or cyclic N) is 1. The zero-order valence-electron chi connectivity index (χ0n) is 40.4. The van der Waals surface area contributed by atoms with E-state index in [1.165, 1.54) is 11.1 Å². The van der Waals surface area contributed by atoms with Crippen LogP contribution in [0.2, 0.25) is 5.02 Å². The summed E-state index contributed by atoms with van der Waals surface area (Å²) in [7, 11) is 3.28. The van der Waals surface area contributed by atoms with Gasteiger partial charge in [-0.05, 0) is 106 Å². The van der Waals surface area contributed by atoms with Crippen LogP contribution in [0.4, 0.5) is 21.8 Å². The minimum Gasteiger partial charge on any atom is -0.495 e. The van der Waals surface area contributed by atoms with E-state index in [1.54, 1.807) is 55.5 Å². The summed E-state index contributed by atoms with van der Waals surface area (Å²) in [5.41, 5.74) is 3.84. The number of thioether (sulfide) groups is 1. The third kappa shape index (κ3) is 12.1. The normalized spacial score (nSPS) is 21.7. The summed E-state index contributed by atoms with van der Waals surface area (Å²) >= 11 is 9.30. The Hall–Kier alpha value is -5.08. The number of aliphatic hydroxyl groups excluding tert-OH is 1. The number of rotatable bonds is 18. The van der Waals surface area contributed by atoms with E-state index in [4.69, 9.17) is 16.3 Å². The number of thiazole rings is 1. The van der Waals surface area contributed by atoms with Gasteiger partial charge in [0.15, 0.2) is 5.67 Å². The number of likely N-dealkylation sites (tertiary alicyclic amines) is 1. The summed E-state index contributed by atoms with van der Waals surface area (Å²) in [6, 6.07) is 11.1. The topological polar surface area (TPSA) is 194 Å². The summed E-state index contributed by atoms with van der Waals surface area (Å²) in [6.07, 6.45) is 5.01. The second-order valence-corrected chi connectivity index (χ2v) is 22.5.